The average Bonchev–Trinajstić information content (AvgIpc) is 3.15. The maximum absolute atomic E-state index is 12.7. The van der Waals surface area contributed by atoms with Gasteiger partial charge in [-0.2, -0.15) is 0 Å². The number of pyridine rings is 1. The topological polar surface area (TPSA) is 91.2 Å². The van der Waals surface area contributed by atoms with Gasteiger partial charge in [-0.25, -0.2) is 0 Å². The quantitative estimate of drug-likeness (QED) is 0.539. The van der Waals surface area contributed by atoms with Gasteiger partial charge in [0, 0.05) is 25.1 Å². The lowest BCUT2D eigenvalue weighted by molar-refractivity contribution is -0.115. The Morgan fingerprint density at radius 2 is 1.93 bits per heavy atom. The number of carbonyl (C=O) groups excluding carboxylic acids is 1. The van der Waals surface area contributed by atoms with Crippen LogP contribution in [0.25, 0.3) is 11.4 Å². The largest absolute Gasteiger partial charge is 0.495 e. The number of nitrogens with one attached hydrogen (secondary N) is 1. The first kappa shape index (κ1) is 20.8. The summed E-state index contributed by atoms with van der Waals surface area (Å²) in [5.41, 5.74) is 1.53. The number of amides is 1. The third-order valence-corrected chi connectivity index (χ3v) is 5.27. The first-order chi connectivity index (χ1) is 14.1. The Hall–Kier alpha value is -2.91. The van der Waals surface area contributed by atoms with Crippen molar-refractivity contribution in [3.63, 3.8) is 0 Å². The molecule has 0 saturated carbocycles. The Morgan fingerprint density at radius 3 is 2.66 bits per heavy atom. The summed E-state index contributed by atoms with van der Waals surface area (Å²) in [7, 11) is 3.22. The van der Waals surface area contributed by atoms with Crippen molar-refractivity contribution in [3.8, 4) is 17.1 Å². The maximum Gasteiger partial charge on any atom is 0.237 e. The fourth-order valence-electron chi connectivity index (χ4n) is 2.67. The molecule has 3 rings (SSSR count). The van der Waals surface area contributed by atoms with Gasteiger partial charge in [-0.3, -0.25) is 14.3 Å². The van der Waals surface area contributed by atoms with Crippen LogP contribution in [0.1, 0.15) is 6.92 Å². The summed E-state index contributed by atoms with van der Waals surface area (Å²) in [4.78, 5) is 16.8. The van der Waals surface area contributed by atoms with Crippen LogP contribution < -0.4 is 10.1 Å². The van der Waals surface area contributed by atoms with E-state index >= 15 is 0 Å². The number of methoxy groups -OCH3 is 2. The van der Waals surface area contributed by atoms with Crippen molar-refractivity contribution < 1.29 is 14.3 Å². The zero-order valence-electron chi connectivity index (χ0n) is 16.5. The van der Waals surface area contributed by atoms with Crippen LogP contribution in [0.15, 0.2) is 53.9 Å². The number of anilines is 1. The summed E-state index contributed by atoms with van der Waals surface area (Å²) in [6.07, 6.45) is 3.42. The Bertz CT molecular complexity index is 948. The molecule has 0 spiro atoms. The maximum atomic E-state index is 12.7. The molecular formula is C20H23N5O3S. The standard InChI is InChI=1S/C20H23N5O3S/c1-14(19(26)22-16-6-4-5-7-17(16)28-3)29-20-24-23-18(25(20)12-13-27-2)15-8-10-21-11-9-15/h4-11,14H,12-13H2,1-3H3,(H,22,26)/t14-/m0/s1. The number of thioether (sulfide) groups is 1. The van der Waals surface area contributed by atoms with Crippen LogP contribution in [0.5, 0.6) is 5.75 Å². The van der Waals surface area contributed by atoms with Gasteiger partial charge in [0.2, 0.25) is 5.91 Å². The van der Waals surface area contributed by atoms with E-state index in [4.69, 9.17) is 9.47 Å². The van der Waals surface area contributed by atoms with E-state index in [2.05, 4.69) is 20.5 Å². The molecule has 3 aromatic rings. The second kappa shape index (κ2) is 10.0. The summed E-state index contributed by atoms with van der Waals surface area (Å²) >= 11 is 1.34. The number of ether oxygens (including phenoxy) is 2. The van der Waals surface area contributed by atoms with Gasteiger partial charge in [-0.1, -0.05) is 23.9 Å². The summed E-state index contributed by atoms with van der Waals surface area (Å²) in [6.45, 7) is 2.91. The van der Waals surface area contributed by atoms with Gasteiger partial charge in [0.05, 0.1) is 31.2 Å². The van der Waals surface area contributed by atoms with Gasteiger partial charge in [-0.15, -0.1) is 10.2 Å². The van der Waals surface area contributed by atoms with Gasteiger partial charge in [0.15, 0.2) is 11.0 Å². The predicted octanol–water partition coefficient (Wildman–Crippen LogP) is 3.11. The molecule has 9 heteroatoms. The Kier molecular flexibility index (Phi) is 7.20. The fourth-order valence-corrected chi connectivity index (χ4v) is 3.54. The van der Waals surface area contributed by atoms with Gasteiger partial charge >= 0.3 is 0 Å². The van der Waals surface area contributed by atoms with Crippen molar-refractivity contribution in [1.29, 1.82) is 0 Å². The Labute approximate surface area is 173 Å². The summed E-state index contributed by atoms with van der Waals surface area (Å²) in [6, 6.07) is 11.1. The minimum absolute atomic E-state index is 0.147. The predicted molar refractivity (Wildman–Crippen MR) is 112 cm³/mol. The molecule has 152 valence electrons. The van der Waals surface area contributed by atoms with E-state index in [1.165, 1.54) is 11.8 Å². The van der Waals surface area contributed by atoms with E-state index in [1.54, 1.807) is 38.7 Å². The molecule has 0 aliphatic heterocycles. The van der Waals surface area contributed by atoms with Crippen molar-refractivity contribution in [2.24, 2.45) is 0 Å². The van der Waals surface area contributed by atoms with Crippen LogP contribution in [-0.2, 0) is 16.1 Å². The van der Waals surface area contributed by atoms with Crippen molar-refractivity contribution >= 4 is 23.4 Å². The number of rotatable bonds is 9. The third kappa shape index (κ3) is 5.12. The van der Waals surface area contributed by atoms with E-state index in [0.717, 1.165) is 5.56 Å². The van der Waals surface area contributed by atoms with E-state index in [0.29, 0.717) is 35.6 Å². The number of benzene rings is 1. The summed E-state index contributed by atoms with van der Waals surface area (Å²) in [5.74, 6) is 1.18. The molecule has 0 radical (unpaired) electrons. The van der Waals surface area contributed by atoms with Gasteiger partial charge in [0.1, 0.15) is 5.75 Å². The van der Waals surface area contributed by atoms with E-state index in [9.17, 15) is 4.79 Å². The lowest BCUT2D eigenvalue weighted by Crippen LogP contribution is -2.23. The van der Waals surface area contributed by atoms with Gasteiger partial charge in [0.25, 0.3) is 0 Å². The second-order valence-electron chi connectivity index (χ2n) is 6.14. The molecule has 0 unspecified atom stereocenters. The first-order valence-electron chi connectivity index (χ1n) is 9.07. The SMILES string of the molecule is COCCn1c(S[C@@H](C)C(=O)Nc2ccccc2OC)nnc1-c1ccncc1. The summed E-state index contributed by atoms with van der Waals surface area (Å²) in [5, 5.41) is 11.8. The van der Waals surface area contributed by atoms with Crippen molar-refractivity contribution in [3.05, 3.63) is 48.8 Å². The molecule has 0 aliphatic rings. The van der Waals surface area contributed by atoms with Crippen LogP contribution >= 0.6 is 11.8 Å². The van der Waals surface area contributed by atoms with Gasteiger partial charge in [-0.05, 0) is 31.2 Å². The molecule has 1 amide bonds. The average molecular weight is 414 g/mol. The molecule has 0 fully saturated rings. The minimum atomic E-state index is -0.393. The number of hydrogen-bond donors (Lipinski definition) is 1. The highest BCUT2D eigenvalue weighted by Gasteiger charge is 2.21. The minimum Gasteiger partial charge on any atom is -0.495 e. The van der Waals surface area contributed by atoms with Crippen LogP contribution in [0.4, 0.5) is 5.69 Å². The molecular weight excluding hydrogens is 390 g/mol. The number of carbonyl (C=O) groups is 1. The molecule has 1 atom stereocenters. The lowest BCUT2D eigenvalue weighted by Gasteiger charge is -2.15. The highest BCUT2D eigenvalue weighted by Crippen LogP contribution is 2.28. The molecule has 2 heterocycles. The highest BCUT2D eigenvalue weighted by atomic mass is 32.2. The first-order valence-corrected chi connectivity index (χ1v) is 9.95. The van der Waals surface area contributed by atoms with Crippen molar-refractivity contribution in [2.45, 2.75) is 23.9 Å². The van der Waals surface area contributed by atoms with Crippen LogP contribution in [0, 0.1) is 0 Å². The van der Waals surface area contributed by atoms with Crippen molar-refractivity contribution in [1.82, 2.24) is 19.7 Å². The number of para-hydroxylation sites is 2. The molecule has 0 aliphatic carbocycles. The highest BCUT2D eigenvalue weighted by molar-refractivity contribution is 8.00. The van der Waals surface area contributed by atoms with Crippen LogP contribution in [-0.4, -0.2) is 51.7 Å². The normalized spacial score (nSPS) is 11.8. The number of aromatic nitrogens is 4. The molecule has 1 aromatic carbocycles. The zero-order chi connectivity index (χ0) is 20.6. The monoisotopic (exact) mass is 413 g/mol. The number of hydrogen-bond acceptors (Lipinski definition) is 7. The Balaban J connectivity index is 1.78. The molecule has 0 saturated heterocycles. The molecule has 1 N–H and O–H groups in total. The van der Waals surface area contributed by atoms with Crippen LogP contribution in [0.2, 0.25) is 0 Å². The van der Waals surface area contributed by atoms with E-state index in [1.807, 2.05) is 35.8 Å². The van der Waals surface area contributed by atoms with E-state index < -0.39 is 5.25 Å². The molecule has 29 heavy (non-hydrogen) atoms. The Morgan fingerprint density at radius 1 is 1.17 bits per heavy atom. The second-order valence-corrected chi connectivity index (χ2v) is 7.44. The van der Waals surface area contributed by atoms with Gasteiger partial charge < -0.3 is 14.8 Å². The van der Waals surface area contributed by atoms with E-state index in [-0.39, 0.29) is 5.91 Å². The smallest absolute Gasteiger partial charge is 0.237 e. The zero-order valence-corrected chi connectivity index (χ0v) is 17.3. The number of nitrogens with zero attached hydrogens (tertiary/aromatic N) is 4. The molecule has 0 bridgehead atoms. The van der Waals surface area contributed by atoms with Crippen molar-refractivity contribution in [2.75, 3.05) is 26.1 Å². The summed E-state index contributed by atoms with van der Waals surface area (Å²) < 4.78 is 12.5. The third-order valence-electron chi connectivity index (χ3n) is 4.19. The molecule has 8 nitrogen and oxygen atoms in total. The fraction of sp³-hybridized carbons (Fsp3) is 0.300. The lowest BCUT2D eigenvalue weighted by atomic mass is 10.2. The molecule has 2 aromatic heterocycles. The van der Waals surface area contributed by atoms with Crippen LogP contribution in [0.3, 0.4) is 0 Å².